The molecule has 0 aliphatic rings. The van der Waals surface area contributed by atoms with Gasteiger partial charge in [0.2, 0.25) is 0 Å². The molecule has 0 radical (unpaired) electrons. The molecule has 0 saturated heterocycles. The van der Waals surface area contributed by atoms with Crippen molar-refractivity contribution in [1.29, 1.82) is 0 Å². The van der Waals surface area contributed by atoms with Crippen LogP contribution < -0.4 is 0 Å². The lowest BCUT2D eigenvalue weighted by atomic mass is 10.1. The fraction of sp³-hybridized carbons (Fsp3) is 0.370. The first-order valence-electron chi connectivity index (χ1n) is 24.2. The van der Waals surface area contributed by atoms with Crippen LogP contribution in [0.3, 0.4) is 0 Å². The molecule has 18 nitrogen and oxygen atoms in total. The van der Waals surface area contributed by atoms with E-state index in [9.17, 15) is 46.2 Å². The summed E-state index contributed by atoms with van der Waals surface area (Å²) in [7, 11) is -7.33. The lowest BCUT2D eigenvalue weighted by molar-refractivity contribution is -0.142. The number of rotatable bonds is 22. The van der Waals surface area contributed by atoms with E-state index in [0.717, 1.165) is 82.4 Å². The number of ether oxygens (including phenoxy) is 2. The van der Waals surface area contributed by atoms with E-state index in [2.05, 4.69) is 32.9 Å². The van der Waals surface area contributed by atoms with Gasteiger partial charge in [0.1, 0.15) is 11.6 Å². The molecule has 2 aromatic carbocycles. The summed E-state index contributed by atoms with van der Waals surface area (Å²) in [4.78, 5) is 59.4. The van der Waals surface area contributed by atoms with E-state index in [4.69, 9.17) is 18.6 Å². The van der Waals surface area contributed by atoms with E-state index in [-0.39, 0.29) is 29.7 Å². The van der Waals surface area contributed by atoms with Crippen molar-refractivity contribution in [3.8, 4) is 0 Å². The highest BCUT2D eigenvalue weighted by Crippen LogP contribution is 2.23. The molecule has 0 spiro atoms. The summed E-state index contributed by atoms with van der Waals surface area (Å²) in [6, 6.07) is 22.0. The number of esters is 2. The van der Waals surface area contributed by atoms with Crippen molar-refractivity contribution >= 4 is 78.9 Å². The van der Waals surface area contributed by atoms with Gasteiger partial charge in [-0.25, -0.2) is 29.1 Å². The molecule has 76 heavy (non-hydrogen) atoms. The number of carbonyl (C=O) groups is 4. The third kappa shape index (κ3) is 24.9. The number of nitrogens with zero attached hydrogens (tertiary/aromatic N) is 4. The normalized spacial score (nSPS) is 11.7. The molecule has 22 heteroatoms. The number of benzene rings is 2. The Kier molecular flexibility index (Phi) is 26.4. The summed E-state index contributed by atoms with van der Waals surface area (Å²) in [6.07, 6.45) is 14.8. The fourth-order valence-corrected chi connectivity index (χ4v) is 8.34. The van der Waals surface area contributed by atoms with E-state index in [0.29, 0.717) is 55.2 Å². The fourth-order valence-electron chi connectivity index (χ4n) is 6.89. The van der Waals surface area contributed by atoms with Gasteiger partial charge in [-0.1, -0.05) is 63.1 Å². The maximum absolute atomic E-state index is 12.9. The standard InChI is InChI=1S/2C26H30N2O4S.2CH4O3S/c1-4-5-8-24-27-16-22(14-21(25(29)30)15-23-7-6-13-33-23)28(24)17-19-9-11-20(12-10-19)26(31)32-18(2)3;1-4-5-8-24-27-16-22(28(24)17-19-9-11-20(12-10-19)25(29)30)14-21(26(31)32-18(2)3)15-23-7-6-13-33-23;2*1-5(2,3)4/h2*6-7,9-14,16,18H,4-5,8,15,17H2,1-3H3,(H,29,30);2*1H3,(H,2,3,4)/b2*21-14+;;. The van der Waals surface area contributed by atoms with Crippen molar-refractivity contribution in [3.05, 3.63) is 162 Å². The van der Waals surface area contributed by atoms with Crippen molar-refractivity contribution in [1.82, 2.24) is 19.1 Å². The Balaban J connectivity index is 0.000000339. The molecule has 0 unspecified atom stereocenters. The minimum absolute atomic E-state index is 0.170. The lowest BCUT2D eigenvalue weighted by Crippen LogP contribution is -2.15. The van der Waals surface area contributed by atoms with Crippen molar-refractivity contribution in [3.63, 3.8) is 0 Å². The van der Waals surface area contributed by atoms with Crippen LogP contribution in [0.25, 0.3) is 12.2 Å². The van der Waals surface area contributed by atoms with Crippen LogP contribution in [0.2, 0.25) is 0 Å². The maximum atomic E-state index is 12.9. The molecule has 0 amide bonds. The number of aromatic carboxylic acids is 1. The van der Waals surface area contributed by atoms with E-state index in [1.165, 1.54) is 0 Å². The second-order valence-corrected chi connectivity index (χ2v) is 22.8. The highest BCUT2D eigenvalue weighted by molar-refractivity contribution is 7.85. The Morgan fingerprint density at radius 1 is 0.618 bits per heavy atom. The van der Waals surface area contributed by atoms with Crippen molar-refractivity contribution in [2.75, 3.05) is 12.5 Å². The van der Waals surface area contributed by atoms with Gasteiger partial charge in [-0.15, -0.1) is 22.7 Å². The molecule has 0 atom stereocenters. The molecule has 0 aliphatic carbocycles. The molecule has 6 rings (SSSR count). The number of imidazole rings is 2. The zero-order valence-electron chi connectivity index (χ0n) is 43.9. The topological polar surface area (TPSA) is 272 Å². The summed E-state index contributed by atoms with van der Waals surface area (Å²) < 4.78 is 66.7. The zero-order valence-corrected chi connectivity index (χ0v) is 47.2. The Hall–Kier alpha value is -6.56. The van der Waals surface area contributed by atoms with Crippen molar-refractivity contribution < 1.29 is 64.8 Å². The van der Waals surface area contributed by atoms with E-state index in [1.54, 1.807) is 65.4 Å². The number of unbranched alkanes of at least 4 members (excludes halogenated alkanes) is 2. The highest BCUT2D eigenvalue weighted by atomic mass is 32.2. The molecule has 0 aliphatic heterocycles. The summed E-state index contributed by atoms with van der Waals surface area (Å²) in [5.74, 6) is -0.679. The number of carbonyl (C=O) groups excluding carboxylic acids is 2. The second-order valence-electron chi connectivity index (χ2n) is 17.8. The van der Waals surface area contributed by atoms with Crippen LogP contribution in [0.15, 0.2) is 107 Å². The van der Waals surface area contributed by atoms with Crippen LogP contribution in [0.1, 0.15) is 132 Å². The molecule has 412 valence electrons. The lowest BCUT2D eigenvalue weighted by Gasteiger charge is -2.13. The largest absolute Gasteiger partial charge is 0.478 e. The Morgan fingerprint density at radius 3 is 1.37 bits per heavy atom. The van der Waals surface area contributed by atoms with Gasteiger partial charge in [0, 0.05) is 59.7 Å². The first-order chi connectivity index (χ1) is 35.7. The first kappa shape index (κ1) is 63.7. The average Bonchev–Trinajstić information content (AvgIpc) is 4.17. The predicted molar refractivity (Wildman–Crippen MR) is 296 cm³/mol. The summed E-state index contributed by atoms with van der Waals surface area (Å²) in [6.45, 7) is 12.7. The van der Waals surface area contributed by atoms with Gasteiger partial charge in [0.15, 0.2) is 0 Å². The van der Waals surface area contributed by atoms with Gasteiger partial charge in [-0.2, -0.15) is 16.8 Å². The summed E-state index contributed by atoms with van der Waals surface area (Å²) in [5.41, 5.74) is 5.22. The second kappa shape index (κ2) is 31.5. The minimum Gasteiger partial charge on any atom is -0.478 e. The molecular weight excluding hydrogens is 1060 g/mol. The number of thiophene rings is 2. The minimum atomic E-state index is -3.67. The number of hydrogen-bond donors (Lipinski definition) is 4. The number of carboxylic acid groups (broad SMARTS) is 2. The van der Waals surface area contributed by atoms with Crippen molar-refractivity contribution in [2.24, 2.45) is 0 Å². The third-order valence-corrected chi connectivity index (χ3v) is 12.0. The molecule has 0 bridgehead atoms. The van der Waals surface area contributed by atoms with Gasteiger partial charge >= 0.3 is 23.9 Å². The van der Waals surface area contributed by atoms with Crippen LogP contribution in [-0.4, -0.2) is 104 Å². The van der Waals surface area contributed by atoms with Gasteiger partial charge < -0.3 is 28.8 Å². The molecule has 0 fully saturated rings. The van der Waals surface area contributed by atoms with Crippen LogP contribution in [-0.2, 0) is 78.1 Å². The number of carboxylic acids is 2. The number of hydrogen-bond acceptors (Lipinski definition) is 14. The van der Waals surface area contributed by atoms with Gasteiger partial charge in [0.25, 0.3) is 20.2 Å². The first-order valence-corrected chi connectivity index (χ1v) is 29.7. The van der Waals surface area contributed by atoms with Gasteiger partial charge in [0.05, 0.1) is 59.6 Å². The molecular formula is C54H68N4O14S4. The smallest absolute Gasteiger partial charge is 0.338 e. The molecule has 4 N–H and O–H groups in total. The number of aryl methyl sites for hydroxylation is 2. The maximum Gasteiger partial charge on any atom is 0.338 e. The van der Waals surface area contributed by atoms with Crippen LogP contribution >= 0.6 is 22.7 Å². The highest BCUT2D eigenvalue weighted by Gasteiger charge is 2.19. The quantitative estimate of drug-likeness (QED) is 0.0279. The van der Waals surface area contributed by atoms with Crippen molar-refractivity contribution in [2.45, 2.75) is 118 Å². The molecule has 4 aromatic heterocycles. The number of aromatic nitrogens is 4. The number of aliphatic carboxylic acids is 1. The molecule has 4 heterocycles. The van der Waals surface area contributed by atoms with E-state index >= 15 is 0 Å². The third-order valence-electron chi connectivity index (χ3n) is 10.3. The Labute approximate surface area is 453 Å². The van der Waals surface area contributed by atoms with Gasteiger partial charge in [-0.05, 0) is 111 Å². The van der Waals surface area contributed by atoms with Crippen LogP contribution in [0, 0.1) is 0 Å². The Morgan fingerprint density at radius 2 is 1.01 bits per heavy atom. The average molecular weight is 1130 g/mol. The predicted octanol–water partition coefficient (Wildman–Crippen LogP) is 10.2. The van der Waals surface area contributed by atoms with Gasteiger partial charge in [-0.3, -0.25) is 9.11 Å². The van der Waals surface area contributed by atoms with E-state index in [1.807, 2.05) is 93.1 Å². The summed E-state index contributed by atoms with van der Waals surface area (Å²) >= 11 is 3.15. The summed E-state index contributed by atoms with van der Waals surface area (Å²) in [5, 5.41) is 22.9. The van der Waals surface area contributed by atoms with Crippen LogP contribution in [0.4, 0.5) is 0 Å². The molecule has 0 saturated carbocycles. The Bertz CT molecular complexity index is 3020. The zero-order chi connectivity index (χ0) is 56.6. The monoisotopic (exact) mass is 1120 g/mol. The molecule has 6 aromatic rings. The SMILES string of the molecule is CCCCc1ncc(/C=C(\Cc2cccs2)C(=O)O)n1Cc1ccc(C(=O)OC(C)C)cc1.CCCCc1ncc(/C=C(\Cc2cccs2)C(=O)OC(C)C)n1Cc1ccc(C(=O)O)cc1.CS(=O)(=O)O.CS(=O)(=O)O. The van der Waals surface area contributed by atoms with Crippen LogP contribution in [0.5, 0.6) is 0 Å². The van der Waals surface area contributed by atoms with E-state index < -0.39 is 32.2 Å².